The monoisotopic (exact) mass is 482 g/mol. The summed E-state index contributed by atoms with van der Waals surface area (Å²) >= 11 is 0. The van der Waals surface area contributed by atoms with Crippen molar-refractivity contribution < 1.29 is 23.5 Å². The molecule has 12 heteroatoms. The maximum absolute atomic E-state index is 14.5. The second-order valence-corrected chi connectivity index (χ2v) is 8.32. The Labute approximate surface area is 198 Å². The van der Waals surface area contributed by atoms with E-state index in [1.54, 1.807) is 19.2 Å². The number of benzene rings is 1. The van der Waals surface area contributed by atoms with Crippen LogP contribution >= 0.6 is 0 Å². The number of pyridine rings is 1. The number of hydrogen-bond donors (Lipinski definition) is 2. The number of cyclic esters (lactones) is 1. The van der Waals surface area contributed by atoms with Crippen molar-refractivity contribution in [3.63, 3.8) is 0 Å². The normalized spacial score (nSPS) is 17.2. The van der Waals surface area contributed by atoms with Crippen molar-refractivity contribution in [3.05, 3.63) is 52.2 Å². The Morgan fingerprint density at radius 1 is 1.20 bits per heavy atom. The van der Waals surface area contributed by atoms with Crippen LogP contribution in [0.3, 0.4) is 0 Å². The Kier molecular flexibility index (Phi) is 6.03. The number of rotatable bonds is 7. The summed E-state index contributed by atoms with van der Waals surface area (Å²) in [5.41, 5.74) is 0.881. The number of fused-ring (bicyclic) bond motifs is 2. The van der Waals surface area contributed by atoms with Gasteiger partial charge in [0.15, 0.2) is 18.2 Å². The van der Waals surface area contributed by atoms with Crippen LogP contribution in [0.15, 0.2) is 35.3 Å². The van der Waals surface area contributed by atoms with Gasteiger partial charge in [0.1, 0.15) is 11.9 Å². The lowest BCUT2D eigenvalue weighted by Crippen LogP contribution is -2.30. The standard InChI is InChI=1S/C23H23FN6O5/c1-29-19(32)5-3-13-2-4-16(24)15(20(13)29)7-9-25-8-6-14-11-30(23(33)35-14)17-10-26-22-21(27-17)28-18(31)12-34-22/h2-5,10,14,25H,6-9,11-12H2,1H3,(H,27,28,31). The van der Waals surface area contributed by atoms with Crippen molar-refractivity contribution in [3.8, 4) is 5.88 Å². The first-order chi connectivity index (χ1) is 16.9. The molecule has 2 N–H and O–H groups in total. The number of halogens is 1. The SMILES string of the molecule is Cn1c(=O)ccc2ccc(F)c(CCNCCC3CN(c4cnc5c(n4)NC(=O)CO5)C(=O)O3)c21. The minimum atomic E-state index is -0.550. The zero-order valence-corrected chi connectivity index (χ0v) is 18.9. The number of anilines is 2. The molecule has 0 spiro atoms. The number of aryl methyl sites for hydroxylation is 1. The van der Waals surface area contributed by atoms with Crippen LogP contribution in [-0.2, 0) is 23.0 Å². The van der Waals surface area contributed by atoms with Crippen LogP contribution < -0.4 is 25.8 Å². The van der Waals surface area contributed by atoms with E-state index in [4.69, 9.17) is 9.47 Å². The van der Waals surface area contributed by atoms with Gasteiger partial charge >= 0.3 is 6.09 Å². The van der Waals surface area contributed by atoms with E-state index in [-0.39, 0.29) is 54.1 Å². The first-order valence-corrected chi connectivity index (χ1v) is 11.2. The number of aromatic nitrogens is 3. The molecule has 1 aromatic carbocycles. The second kappa shape index (κ2) is 9.29. The summed E-state index contributed by atoms with van der Waals surface area (Å²) in [5.74, 6) is -0.0811. The highest BCUT2D eigenvalue weighted by molar-refractivity contribution is 5.94. The van der Waals surface area contributed by atoms with Gasteiger partial charge in [0.05, 0.1) is 18.3 Å². The minimum absolute atomic E-state index is 0.132. The average molecular weight is 482 g/mol. The van der Waals surface area contributed by atoms with Gasteiger partial charge in [-0.15, -0.1) is 0 Å². The fourth-order valence-electron chi connectivity index (χ4n) is 4.23. The molecule has 182 valence electrons. The first kappa shape index (κ1) is 22.7. The fourth-order valence-corrected chi connectivity index (χ4v) is 4.23. The lowest BCUT2D eigenvalue weighted by atomic mass is 10.1. The molecular formula is C23H23FN6O5. The highest BCUT2D eigenvalue weighted by Gasteiger charge is 2.34. The zero-order chi connectivity index (χ0) is 24.5. The van der Waals surface area contributed by atoms with Gasteiger partial charge in [0.2, 0.25) is 0 Å². The average Bonchev–Trinajstić information content (AvgIpc) is 3.22. The molecule has 0 aliphatic carbocycles. The van der Waals surface area contributed by atoms with Gasteiger partial charge in [-0.1, -0.05) is 0 Å². The molecular weight excluding hydrogens is 459 g/mol. The molecule has 35 heavy (non-hydrogen) atoms. The van der Waals surface area contributed by atoms with Crippen LogP contribution in [0.4, 0.5) is 20.8 Å². The predicted octanol–water partition coefficient (Wildman–Crippen LogP) is 1.35. The molecule has 4 heterocycles. The van der Waals surface area contributed by atoms with E-state index in [0.717, 1.165) is 5.39 Å². The molecule has 1 saturated heterocycles. The van der Waals surface area contributed by atoms with E-state index < -0.39 is 6.09 Å². The van der Waals surface area contributed by atoms with Crippen molar-refractivity contribution in [2.75, 3.05) is 36.5 Å². The van der Waals surface area contributed by atoms with Crippen LogP contribution in [-0.4, -0.2) is 58.9 Å². The largest absolute Gasteiger partial charge is 0.465 e. The van der Waals surface area contributed by atoms with E-state index in [0.29, 0.717) is 37.0 Å². The highest BCUT2D eigenvalue weighted by Crippen LogP contribution is 2.28. The summed E-state index contributed by atoms with van der Waals surface area (Å²) in [6, 6.07) is 6.24. The van der Waals surface area contributed by atoms with E-state index in [2.05, 4.69) is 20.6 Å². The number of carbonyl (C=O) groups is 2. The van der Waals surface area contributed by atoms with Crippen LogP contribution in [0.25, 0.3) is 10.9 Å². The molecule has 1 unspecified atom stereocenters. The topological polar surface area (TPSA) is 128 Å². The molecule has 0 radical (unpaired) electrons. The molecule has 2 aliphatic heterocycles. The molecule has 0 saturated carbocycles. The number of nitrogens with one attached hydrogen (secondary N) is 2. The van der Waals surface area contributed by atoms with Crippen LogP contribution in [0.2, 0.25) is 0 Å². The minimum Gasteiger partial charge on any atom is -0.465 e. The van der Waals surface area contributed by atoms with Crippen molar-refractivity contribution in [1.29, 1.82) is 0 Å². The predicted molar refractivity (Wildman–Crippen MR) is 124 cm³/mol. The number of nitrogens with zero attached hydrogens (tertiary/aromatic N) is 4. The summed E-state index contributed by atoms with van der Waals surface area (Å²) < 4.78 is 26.6. The summed E-state index contributed by atoms with van der Waals surface area (Å²) in [4.78, 5) is 45.5. The quantitative estimate of drug-likeness (QED) is 0.483. The van der Waals surface area contributed by atoms with E-state index in [9.17, 15) is 18.8 Å². The maximum atomic E-state index is 14.5. The van der Waals surface area contributed by atoms with Gasteiger partial charge in [-0.05, 0) is 49.5 Å². The van der Waals surface area contributed by atoms with E-state index >= 15 is 0 Å². The molecule has 3 aromatic rings. The van der Waals surface area contributed by atoms with Crippen LogP contribution in [0, 0.1) is 5.82 Å². The molecule has 11 nitrogen and oxygen atoms in total. The molecule has 1 atom stereocenters. The van der Waals surface area contributed by atoms with Gasteiger partial charge in [-0.3, -0.25) is 14.5 Å². The lowest BCUT2D eigenvalue weighted by molar-refractivity contribution is -0.118. The number of hydrogen-bond acceptors (Lipinski definition) is 8. The Morgan fingerprint density at radius 2 is 2.03 bits per heavy atom. The Balaban J connectivity index is 1.15. The number of amides is 2. The van der Waals surface area contributed by atoms with Crippen molar-refractivity contribution in [2.24, 2.45) is 7.05 Å². The van der Waals surface area contributed by atoms with Gasteiger partial charge in [-0.2, -0.15) is 0 Å². The van der Waals surface area contributed by atoms with Gasteiger partial charge in [0.25, 0.3) is 17.3 Å². The van der Waals surface area contributed by atoms with Gasteiger partial charge in [0, 0.05) is 18.7 Å². The molecule has 0 bridgehead atoms. The number of carbonyl (C=O) groups excluding carboxylic acids is 2. The van der Waals surface area contributed by atoms with Gasteiger partial charge < -0.3 is 24.7 Å². The summed E-state index contributed by atoms with van der Waals surface area (Å²) in [6.45, 7) is 1.17. The van der Waals surface area contributed by atoms with Crippen molar-refractivity contribution in [2.45, 2.75) is 18.9 Å². The third kappa shape index (κ3) is 4.52. The summed E-state index contributed by atoms with van der Waals surface area (Å²) in [6.07, 6.45) is 1.41. The third-order valence-corrected chi connectivity index (χ3v) is 6.00. The Bertz CT molecular complexity index is 1380. The van der Waals surface area contributed by atoms with Crippen LogP contribution in [0.5, 0.6) is 5.88 Å². The maximum Gasteiger partial charge on any atom is 0.415 e. The Morgan fingerprint density at radius 3 is 2.89 bits per heavy atom. The van der Waals surface area contributed by atoms with Crippen molar-refractivity contribution >= 4 is 34.5 Å². The van der Waals surface area contributed by atoms with E-state index in [1.165, 1.54) is 27.8 Å². The molecule has 2 aromatic heterocycles. The van der Waals surface area contributed by atoms with Crippen molar-refractivity contribution in [1.82, 2.24) is 19.9 Å². The zero-order valence-electron chi connectivity index (χ0n) is 18.9. The second-order valence-electron chi connectivity index (χ2n) is 8.32. The number of ether oxygens (including phenoxy) is 2. The molecule has 2 aliphatic rings. The van der Waals surface area contributed by atoms with Crippen LogP contribution in [0.1, 0.15) is 12.0 Å². The lowest BCUT2D eigenvalue weighted by Gasteiger charge is -2.18. The molecule has 2 amide bonds. The first-order valence-electron chi connectivity index (χ1n) is 11.2. The molecule has 5 rings (SSSR count). The van der Waals surface area contributed by atoms with Gasteiger partial charge in [-0.25, -0.2) is 19.2 Å². The third-order valence-electron chi connectivity index (χ3n) is 6.00. The highest BCUT2D eigenvalue weighted by atomic mass is 19.1. The Hall–Kier alpha value is -4.06. The fraction of sp³-hybridized carbons (Fsp3) is 0.348. The summed E-state index contributed by atoms with van der Waals surface area (Å²) in [7, 11) is 1.63. The summed E-state index contributed by atoms with van der Waals surface area (Å²) in [5, 5.41) is 6.61. The smallest absolute Gasteiger partial charge is 0.415 e. The van der Waals surface area contributed by atoms with E-state index in [1.807, 2.05) is 0 Å². The molecule has 1 fully saturated rings.